The minimum Gasteiger partial charge on any atom is -0.443 e. The molecule has 1 rings (SSSR count). The Hall–Kier alpha value is -1.21. The van der Waals surface area contributed by atoms with Crippen LogP contribution in [-0.4, -0.2) is 55.2 Å². The largest absolute Gasteiger partial charge is 0.443 e. The molecule has 0 saturated carbocycles. The standard InChI is InChI=1S/C21H40N2O5/c1-8-21(5,6)28-19(24)23(7)17(16(2)22-25)12-13-20(3,4)15-27-18-11-9-10-14-26-18/h16-18H,8-15H2,1-7H3. The smallest absolute Gasteiger partial charge is 0.410 e. The van der Waals surface area contributed by atoms with E-state index < -0.39 is 17.7 Å². The van der Waals surface area contributed by atoms with Gasteiger partial charge in [0, 0.05) is 13.7 Å². The highest BCUT2D eigenvalue weighted by Gasteiger charge is 2.32. The summed E-state index contributed by atoms with van der Waals surface area (Å²) in [6.07, 6.45) is 4.78. The molecule has 3 unspecified atom stereocenters. The molecule has 28 heavy (non-hydrogen) atoms. The van der Waals surface area contributed by atoms with Gasteiger partial charge in [-0.2, -0.15) is 4.91 Å². The van der Waals surface area contributed by atoms with Crippen LogP contribution >= 0.6 is 0 Å². The van der Waals surface area contributed by atoms with Gasteiger partial charge in [-0.1, -0.05) is 25.9 Å². The second kappa shape index (κ2) is 11.1. The molecule has 7 heteroatoms. The van der Waals surface area contributed by atoms with Gasteiger partial charge < -0.3 is 19.1 Å². The van der Waals surface area contributed by atoms with Crippen LogP contribution in [0.25, 0.3) is 0 Å². The lowest BCUT2D eigenvalue weighted by molar-refractivity contribution is -0.177. The van der Waals surface area contributed by atoms with Gasteiger partial charge in [-0.15, -0.1) is 0 Å². The van der Waals surface area contributed by atoms with Gasteiger partial charge in [0.15, 0.2) is 6.29 Å². The predicted octanol–water partition coefficient (Wildman–Crippen LogP) is 5.12. The molecule has 1 aliphatic heterocycles. The highest BCUT2D eigenvalue weighted by atomic mass is 16.7. The Kier molecular flexibility index (Phi) is 9.84. The minimum atomic E-state index is -0.541. The van der Waals surface area contributed by atoms with E-state index in [4.69, 9.17) is 14.2 Å². The highest BCUT2D eigenvalue weighted by Crippen LogP contribution is 2.28. The van der Waals surface area contributed by atoms with Crippen molar-refractivity contribution in [2.75, 3.05) is 20.3 Å². The Morgan fingerprint density at radius 2 is 1.96 bits per heavy atom. The number of nitrogens with zero attached hydrogens (tertiary/aromatic N) is 2. The summed E-state index contributed by atoms with van der Waals surface area (Å²) in [4.78, 5) is 25.3. The van der Waals surface area contributed by atoms with Crippen LogP contribution in [-0.2, 0) is 14.2 Å². The van der Waals surface area contributed by atoms with E-state index in [9.17, 15) is 9.70 Å². The Morgan fingerprint density at radius 3 is 2.50 bits per heavy atom. The fraction of sp³-hybridized carbons (Fsp3) is 0.952. The Morgan fingerprint density at radius 1 is 1.29 bits per heavy atom. The first-order valence-corrected chi connectivity index (χ1v) is 10.5. The number of carbonyl (C=O) groups excluding carboxylic acids is 1. The summed E-state index contributed by atoms with van der Waals surface area (Å²) in [7, 11) is 1.68. The van der Waals surface area contributed by atoms with Crippen molar-refractivity contribution >= 4 is 6.09 Å². The maximum absolute atomic E-state index is 12.6. The summed E-state index contributed by atoms with van der Waals surface area (Å²) in [5, 5.41) is 3.18. The number of likely N-dealkylation sites (N-methyl/N-ethyl adjacent to an activating group) is 1. The van der Waals surface area contributed by atoms with Crippen LogP contribution in [0.15, 0.2) is 5.18 Å². The third-order valence-corrected chi connectivity index (χ3v) is 5.64. The Bertz CT molecular complexity index is 489. The molecule has 0 radical (unpaired) electrons. The maximum Gasteiger partial charge on any atom is 0.410 e. The molecule has 164 valence electrons. The van der Waals surface area contributed by atoms with Gasteiger partial charge in [-0.05, 0) is 64.7 Å². The summed E-state index contributed by atoms with van der Waals surface area (Å²) in [6, 6.07) is -0.830. The van der Waals surface area contributed by atoms with Crippen LogP contribution in [0.1, 0.15) is 80.1 Å². The van der Waals surface area contributed by atoms with Gasteiger partial charge >= 0.3 is 6.09 Å². The van der Waals surface area contributed by atoms with Crippen molar-refractivity contribution in [3.8, 4) is 0 Å². The van der Waals surface area contributed by atoms with Gasteiger partial charge in [-0.3, -0.25) is 0 Å². The Balaban J connectivity index is 2.63. The van der Waals surface area contributed by atoms with Crippen LogP contribution in [0.4, 0.5) is 4.79 Å². The predicted molar refractivity (Wildman–Crippen MR) is 110 cm³/mol. The van der Waals surface area contributed by atoms with Gasteiger partial charge in [0.05, 0.1) is 12.6 Å². The first-order valence-electron chi connectivity index (χ1n) is 10.5. The van der Waals surface area contributed by atoms with Crippen molar-refractivity contribution in [2.45, 2.75) is 104 Å². The summed E-state index contributed by atoms with van der Waals surface area (Å²) >= 11 is 0. The topological polar surface area (TPSA) is 77.4 Å². The van der Waals surface area contributed by atoms with E-state index >= 15 is 0 Å². The zero-order valence-electron chi connectivity index (χ0n) is 18.8. The molecule has 1 heterocycles. The highest BCUT2D eigenvalue weighted by molar-refractivity contribution is 5.68. The fourth-order valence-electron chi connectivity index (χ4n) is 3.12. The van der Waals surface area contributed by atoms with Crippen molar-refractivity contribution in [1.82, 2.24) is 4.90 Å². The molecule has 1 saturated heterocycles. The monoisotopic (exact) mass is 400 g/mol. The normalized spacial score (nSPS) is 20.3. The third kappa shape index (κ3) is 8.43. The van der Waals surface area contributed by atoms with E-state index in [0.29, 0.717) is 19.4 Å². The molecule has 1 fully saturated rings. The molecule has 0 spiro atoms. The van der Waals surface area contributed by atoms with E-state index in [-0.39, 0.29) is 17.7 Å². The molecular weight excluding hydrogens is 360 g/mol. The molecule has 0 bridgehead atoms. The molecule has 0 aromatic carbocycles. The third-order valence-electron chi connectivity index (χ3n) is 5.64. The molecule has 0 N–H and O–H groups in total. The van der Waals surface area contributed by atoms with Gasteiger partial charge in [0.25, 0.3) is 0 Å². The first kappa shape index (κ1) is 24.8. The molecule has 0 aliphatic carbocycles. The van der Waals surface area contributed by atoms with Crippen LogP contribution in [0, 0.1) is 10.3 Å². The average Bonchev–Trinajstić information content (AvgIpc) is 2.66. The number of hydrogen-bond acceptors (Lipinski definition) is 6. The van der Waals surface area contributed by atoms with Crippen molar-refractivity contribution in [2.24, 2.45) is 10.6 Å². The van der Waals surface area contributed by atoms with Gasteiger partial charge in [-0.25, -0.2) is 4.79 Å². The molecule has 3 atom stereocenters. The summed E-state index contributed by atoms with van der Waals surface area (Å²) in [5.41, 5.74) is -0.643. The van der Waals surface area contributed by atoms with Gasteiger partial charge in [0.1, 0.15) is 11.6 Å². The molecule has 1 aliphatic rings. The summed E-state index contributed by atoms with van der Waals surface area (Å²) in [6.45, 7) is 13.1. The number of rotatable bonds is 11. The maximum atomic E-state index is 12.6. The number of carbonyl (C=O) groups is 1. The van der Waals surface area contributed by atoms with Gasteiger partial charge in [0.2, 0.25) is 0 Å². The number of ether oxygens (including phenoxy) is 3. The first-order chi connectivity index (χ1) is 13.0. The zero-order valence-corrected chi connectivity index (χ0v) is 18.8. The second-order valence-corrected chi connectivity index (χ2v) is 9.32. The van der Waals surface area contributed by atoms with E-state index in [2.05, 4.69) is 19.0 Å². The molecule has 7 nitrogen and oxygen atoms in total. The Labute approximate surface area is 170 Å². The number of hydrogen-bond donors (Lipinski definition) is 0. The van der Waals surface area contributed by atoms with Crippen molar-refractivity contribution in [3.63, 3.8) is 0 Å². The van der Waals surface area contributed by atoms with Crippen molar-refractivity contribution in [3.05, 3.63) is 4.91 Å². The molecular formula is C21H40N2O5. The van der Waals surface area contributed by atoms with Crippen LogP contribution in [0.2, 0.25) is 0 Å². The van der Waals surface area contributed by atoms with E-state index in [1.807, 2.05) is 20.8 Å². The lowest BCUT2D eigenvalue weighted by atomic mass is 9.85. The van der Waals surface area contributed by atoms with E-state index in [1.54, 1.807) is 14.0 Å². The zero-order chi connectivity index (χ0) is 21.4. The van der Waals surface area contributed by atoms with Crippen LogP contribution in [0.3, 0.4) is 0 Å². The SMILES string of the molecule is CCC(C)(C)OC(=O)N(C)C(CCC(C)(C)COC1CCCCO1)C(C)N=O. The van der Waals surface area contributed by atoms with Crippen LogP contribution in [0.5, 0.6) is 0 Å². The quantitative estimate of drug-likeness (QED) is 0.450. The molecule has 0 aromatic rings. The second-order valence-electron chi connectivity index (χ2n) is 9.32. The van der Waals surface area contributed by atoms with E-state index in [0.717, 1.165) is 32.3 Å². The number of amides is 1. The van der Waals surface area contributed by atoms with Crippen LogP contribution < -0.4 is 0 Å². The van der Waals surface area contributed by atoms with Crippen molar-refractivity contribution < 1.29 is 19.0 Å². The van der Waals surface area contributed by atoms with E-state index in [1.165, 1.54) is 4.90 Å². The average molecular weight is 401 g/mol. The number of nitroso groups, excluding NO2 is 1. The summed E-state index contributed by atoms with van der Waals surface area (Å²) in [5.74, 6) is 0. The molecule has 0 aromatic heterocycles. The molecule has 1 amide bonds. The lowest BCUT2D eigenvalue weighted by Gasteiger charge is -2.35. The summed E-state index contributed by atoms with van der Waals surface area (Å²) < 4.78 is 17.2. The lowest BCUT2D eigenvalue weighted by Crippen LogP contribution is -2.46. The minimum absolute atomic E-state index is 0.102. The fourth-order valence-corrected chi connectivity index (χ4v) is 3.12. The van der Waals surface area contributed by atoms with Crippen molar-refractivity contribution in [1.29, 1.82) is 0 Å².